The maximum Gasteiger partial charge on any atom is 0.488 e. The largest absolute Gasteiger partial charge is 0.507 e. The maximum absolute atomic E-state index is 9.86. The van der Waals surface area contributed by atoms with Gasteiger partial charge in [0.15, 0.2) is 0 Å². The molecule has 0 atom stereocenters. The summed E-state index contributed by atoms with van der Waals surface area (Å²) in [6.45, 7) is 0. The summed E-state index contributed by atoms with van der Waals surface area (Å²) in [6, 6.07) is 5.68. The molecule has 2 rings (SSSR count). The summed E-state index contributed by atoms with van der Waals surface area (Å²) >= 11 is 0. The SMILES string of the molecule is N#Cc1c(N)nc(N)nc1-c1cc(B(O)O)ccc1O. The summed E-state index contributed by atoms with van der Waals surface area (Å²) < 4.78 is 0. The van der Waals surface area contributed by atoms with Crippen molar-refractivity contribution >= 4 is 24.3 Å². The minimum absolute atomic E-state index is 0.0255. The fourth-order valence-electron chi connectivity index (χ4n) is 1.71. The summed E-state index contributed by atoms with van der Waals surface area (Å²) in [5.41, 5.74) is 11.3. The van der Waals surface area contributed by atoms with Gasteiger partial charge in [-0.2, -0.15) is 10.2 Å². The van der Waals surface area contributed by atoms with Crippen LogP contribution >= 0.6 is 0 Å². The van der Waals surface area contributed by atoms with Gasteiger partial charge in [0, 0.05) is 5.56 Å². The van der Waals surface area contributed by atoms with Gasteiger partial charge in [0.2, 0.25) is 5.95 Å². The van der Waals surface area contributed by atoms with E-state index >= 15 is 0 Å². The van der Waals surface area contributed by atoms with Gasteiger partial charge in [-0.15, -0.1) is 0 Å². The quantitative estimate of drug-likeness (QED) is 0.415. The molecule has 20 heavy (non-hydrogen) atoms. The van der Waals surface area contributed by atoms with Crippen LogP contribution in [-0.4, -0.2) is 32.2 Å². The molecule has 100 valence electrons. The highest BCUT2D eigenvalue weighted by Crippen LogP contribution is 2.31. The highest BCUT2D eigenvalue weighted by atomic mass is 16.4. The van der Waals surface area contributed by atoms with Crippen molar-refractivity contribution in [1.82, 2.24) is 9.97 Å². The molecule has 8 nitrogen and oxygen atoms in total. The number of rotatable bonds is 2. The number of phenolic OH excluding ortho intramolecular Hbond substituents is 1. The molecule has 0 saturated carbocycles. The zero-order valence-corrected chi connectivity index (χ0v) is 10.1. The van der Waals surface area contributed by atoms with Crippen molar-refractivity contribution < 1.29 is 15.2 Å². The van der Waals surface area contributed by atoms with Crippen LogP contribution in [0, 0.1) is 11.3 Å². The number of nitrogens with zero attached hydrogens (tertiary/aromatic N) is 3. The lowest BCUT2D eigenvalue weighted by Gasteiger charge is -2.10. The average Bonchev–Trinajstić information content (AvgIpc) is 2.38. The lowest BCUT2D eigenvalue weighted by atomic mass is 9.79. The van der Waals surface area contributed by atoms with Crippen molar-refractivity contribution in [2.45, 2.75) is 0 Å². The van der Waals surface area contributed by atoms with Crippen LogP contribution in [0.5, 0.6) is 5.75 Å². The zero-order chi connectivity index (χ0) is 14.9. The van der Waals surface area contributed by atoms with Crippen LogP contribution < -0.4 is 16.9 Å². The van der Waals surface area contributed by atoms with Crippen molar-refractivity contribution in [2.24, 2.45) is 0 Å². The van der Waals surface area contributed by atoms with Gasteiger partial charge < -0.3 is 26.6 Å². The molecule has 0 fully saturated rings. The van der Waals surface area contributed by atoms with Crippen molar-refractivity contribution in [3.63, 3.8) is 0 Å². The Labute approximate surface area is 114 Å². The van der Waals surface area contributed by atoms with Crippen LogP contribution in [0.3, 0.4) is 0 Å². The van der Waals surface area contributed by atoms with Crippen molar-refractivity contribution in [2.75, 3.05) is 11.5 Å². The summed E-state index contributed by atoms with van der Waals surface area (Å²) in [6.07, 6.45) is 0. The Morgan fingerprint density at radius 3 is 2.50 bits per heavy atom. The third-order valence-corrected chi connectivity index (χ3v) is 2.64. The van der Waals surface area contributed by atoms with E-state index in [1.165, 1.54) is 18.2 Å². The standard InChI is InChI=1S/C11H10BN5O3/c13-4-7-9(16-11(15)17-10(7)14)6-3-5(12(19)20)1-2-8(6)18/h1-3,18-20H,(H4,14,15,16,17). The van der Waals surface area contributed by atoms with E-state index in [2.05, 4.69) is 9.97 Å². The number of hydrogen-bond acceptors (Lipinski definition) is 8. The van der Waals surface area contributed by atoms with Crippen molar-refractivity contribution in [1.29, 1.82) is 5.26 Å². The molecule has 0 aliphatic carbocycles. The molecule has 0 unspecified atom stereocenters. The molecule has 0 aliphatic rings. The lowest BCUT2D eigenvalue weighted by molar-refractivity contribution is 0.425. The number of aromatic nitrogens is 2. The highest BCUT2D eigenvalue weighted by Gasteiger charge is 2.19. The first-order valence-corrected chi connectivity index (χ1v) is 5.46. The average molecular weight is 271 g/mol. The van der Waals surface area contributed by atoms with Crippen LogP contribution in [-0.2, 0) is 0 Å². The minimum Gasteiger partial charge on any atom is -0.507 e. The zero-order valence-electron chi connectivity index (χ0n) is 10.1. The molecule has 0 saturated heterocycles. The Bertz CT molecular complexity index is 714. The van der Waals surface area contributed by atoms with Crippen LogP contribution in [0.1, 0.15) is 5.56 Å². The van der Waals surface area contributed by atoms with Gasteiger partial charge in [-0.3, -0.25) is 0 Å². The number of phenols is 1. The highest BCUT2D eigenvalue weighted by molar-refractivity contribution is 6.58. The van der Waals surface area contributed by atoms with Gasteiger partial charge in [-0.05, 0) is 17.6 Å². The maximum atomic E-state index is 9.86. The van der Waals surface area contributed by atoms with Crippen LogP contribution in [0.15, 0.2) is 18.2 Å². The van der Waals surface area contributed by atoms with E-state index < -0.39 is 7.12 Å². The number of nitrogen functional groups attached to an aromatic ring is 2. The van der Waals surface area contributed by atoms with E-state index in [0.717, 1.165) is 0 Å². The van der Waals surface area contributed by atoms with Gasteiger partial charge in [0.1, 0.15) is 23.2 Å². The Morgan fingerprint density at radius 1 is 1.20 bits per heavy atom. The molecule has 1 aromatic heterocycles. The van der Waals surface area contributed by atoms with Crippen LogP contribution in [0.25, 0.3) is 11.3 Å². The first kappa shape index (κ1) is 13.6. The molecule has 7 N–H and O–H groups in total. The number of benzene rings is 1. The lowest BCUT2D eigenvalue weighted by Crippen LogP contribution is -2.29. The van der Waals surface area contributed by atoms with Crippen molar-refractivity contribution in [3.05, 3.63) is 23.8 Å². The number of hydrogen-bond donors (Lipinski definition) is 5. The molecule has 1 aromatic carbocycles. The molecular formula is C11H10BN5O3. The molecule has 0 amide bonds. The number of aromatic hydroxyl groups is 1. The summed E-state index contributed by atoms with van der Waals surface area (Å²) in [4.78, 5) is 7.54. The van der Waals surface area contributed by atoms with E-state index in [9.17, 15) is 5.11 Å². The summed E-state index contributed by atoms with van der Waals surface area (Å²) in [7, 11) is -1.73. The first-order valence-electron chi connectivity index (χ1n) is 5.46. The third-order valence-electron chi connectivity index (χ3n) is 2.64. The van der Waals surface area contributed by atoms with Gasteiger partial charge in [-0.1, -0.05) is 6.07 Å². The molecular weight excluding hydrogens is 261 g/mol. The Balaban J connectivity index is 2.74. The fourth-order valence-corrected chi connectivity index (χ4v) is 1.71. The van der Waals surface area contributed by atoms with Gasteiger partial charge in [0.05, 0.1) is 5.69 Å². The second-order valence-electron chi connectivity index (χ2n) is 3.95. The van der Waals surface area contributed by atoms with E-state index in [0.29, 0.717) is 0 Å². The Kier molecular flexibility index (Phi) is 3.43. The number of nitrogens with two attached hydrogens (primary N) is 2. The van der Waals surface area contributed by atoms with Crippen LogP contribution in [0.4, 0.5) is 11.8 Å². The molecule has 0 radical (unpaired) electrons. The molecule has 0 aliphatic heterocycles. The van der Waals surface area contributed by atoms with E-state index in [1.807, 2.05) is 6.07 Å². The summed E-state index contributed by atoms with van der Waals surface area (Å²) in [5.74, 6) is -0.487. The third kappa shape index (κ3) is 2.33. The van der Waals surface area contributed by atoms with Crippen LogP contribution in [0.2, 0.25) is 0 Å². The van der Waals surface area contributed by atoms with E-state index in [-0.39, 0.29) is 39.8 Å². The van der Waals surface area contributed by atoms with Gasteiger partial charge in [-0.25, -0.2) is 4.98 Å². The fraction of sp³-hybridized carbons (Fsp3) is 0. The normalized spacial score (nSPS) is 10.1. The first-order chi connectivity index (χ1) is 9.43. The number of anilines is 2. The van der Waals surface area contributed by atoms with E-state index in [4.69, 9.17) is 26.8 Å². The number of nitriles is 1. The van der Waals surface area contributed by atoms with E-state index in [1.54, 1.807) is 0 Å². The van der Waals surface area contributed by atoms with Gasteiger partial charge in [0.25, 0.3) is 0 Å². The smallest absolute Gasteiger partial charge is 0.488 e. The molecule has 1 heterocycles. The Morgan fingerprint density at radius 2 is 1.90 bits per heavy atom. The summed E-state index contributed by atoms with van der Waals surface area (Å²) in [5, 5.41) is 37.2. The predicted octanol–water partition coefficient (Wildman–Crippen LogP) is -1.43. The van der Waals surface area contributed by atoms with Crippen molar-refractivity contribution in [3.8, 4) is 23.1 Å². The molecule has 0 spiro atoms. The second-order valence-corrected chi connectivity index (χ2v) is 3.95. The van der Waals surface area contributed by atoms with Gasteiger partial charge >= 0.3 is 7.12 Å². The minimum atomic E-state index is -1.73. The molecule has 2 aromatic rings. The molecule has 9 heteroatoms. The Hall–Kier alpha value is -2.83. The topological polar surface area (TPSA) is 162 Å². The second kappa shape index (κ2) is 5.04. The molecule has 0 bridgehead atoms. The predicted molar refractivity (Wildman–Crippen MR) is 72.5 cm³/mol. The monoisotopic (exact) mass is 271 g/mol.